The van der Waals surface area contributed by atoms with E-state index in [0.29, 0.717) is 12.2 Å². The van der Waals surface area contributed by atoms with Gasteiger partial charge in [-0.2, -0.15) is 0 Å². The summed E-state index contributed by atoms with van der Waals surface area (Å²) >= 11 is 5.64. The van der Waals surface area contributed by atoms with E-state index in [9.17, 15) is 19.1 Å². The van der Waals surface area contributed by atoms with Crippen molar-refractivity contribution in [3.8, 4) is 0 Å². The summed E-state index contributed by atoms with van der Waals surface area (Å²) in [6.45, 7) is 2.41. The van der Waals surface area contributed by atoms with Crippen LogP contribution in [0.4, 0.5) is 10.1 Å². The van der Waals surface area contributed by atoms with Gasteiger partial charge in [0.25, 0.3) is 0 Å². The lowest BCUT2D eigenvalue weighted by molar-refractivity contribution is -0.143. The van der Waals surface area contributed by atoms with Crippen molar-refractivity contribution in [3.63, 3.8) is 0 Å². The Bertz CT molecular complexity index is 567. The molecule has 1 aromatic carbocycles. The van der Waals surface area contributed by atoms with E-state index in [0.717, 1.165) is 12.5 Å². The van der Waals surface area contributed by atoms with Crippen molar-refractivity contribution < 1.29 is 19.1 Å². The van der Waals surface area contributed by atoms with Crippen molar-refractivity contribution in [1.29, 1.82) is 0 Å². The van der Waals surface area contributed by atoms with Crippen LogP contribution in [-0.2, 0) is 9.59 Å². The normalized spacial score (nSPS) is 22.2. The molecule has 1 heterocycles. The van der Waals surface area contributed by atoms with E-state index in [-0.39, 0.29) is 23.4 Å². The van der Waals surface area contributed by atoms with Crippen molar-refractivity contribution in [2.24, 2.45) is 5.92 Å². The van der Waals surface area contributed by atoms with Gasteiger partial charge < -0.3 is 10.4 Å². The Hall–Kier alpha value is -1.66. The van der Waals surface area contributed by atoms with Crippen LogP contribution in [0.15, 0.2) is 18.2 Å². The summed E-state index contributed by atoms with van der Waals surface area (Å²) in [5, 5.41) is 11.7. The fourth-order valence-electron chi connectivity index (χ4n) is 2.56. The van der Waals surface area contributed by atoms with Crippen LogP contribution in [0.2, 0.25) is 5.02 Å². The van der Waals surface area contributed by atoms with E-state index in [1.807, 2.05) is 6.92 Å². The van der Waals surface area contributed by atoms with Gasteiger partial charge in [0.2, 0.25) is 5.91 Å². The molecule has 0 bridgehead atoms. The molecule has 0 radical (unpaired) electrons. The predicted octanol–water partition coefficient (Wildman–Crippen LogP) is 2.21. The molecule has 1 aliphatic heterocycles. The van der Waals surface area contributed by atoms with Gasteiger partial charge in [0.1, 0.15) is 11.9 Å². The van der Waals surface area contributed by atoms with Gasteiger partial charge in [0, 0.05) is 5.69 Å². The first kappa shape index (κ1) is 15.7. The first-order chi connectivity index (χ1) is 9.88. The van der Waals surface area contributed by atoms with Gasteiger partial charge in [-0.1, -0.05) is 18.5 Å². The van der Waals surface area contributed by atoms with Gasteiger partial charge in [0.15, 0.2) is 0 Å². The van der Waals surface area contributed by atoms with Gasteiger partial charge in [-0.25, -0.2) is 4.39 Å². The number of nitrogens with zero attached hydrogens (tertiary/aromatic N) is 1. The summed E-state index contributed by atoms with van der Waals surface area (Å²) in [6, 6.07) is 3.24. The Labute approximate surface area is 126 Å². The fraction of sp³-hybridized carbons (Fsp3) is 0.429. The molecular weight excluding hydrogens is 299 g/mol. The number of rotatable bonds is 4. The van der Waals surface area contributed by atoms with Crippen LogP contribution in [0.1, 0.15) is 13.3 Å². The highest BCUT2D eigenvalue weighted by Crippen LogP contribution is 2.24. The quantitative estimate of drug-likeness (QED) is 0.894. The van der Waals surface area contributed by atoms with Crippen molar-refractivity contribution in [3.05, 3.63) is 29.0 Å². The van der Waals surface area contributed by atoms with E-state index in [1.54, 1.807) is 4.90 Å². The Morgan fingerprint density at radius 3 is 2.86 bits per heavy atom. The highest BCUT2D eigenvalue weighted by atomic mass is 35.5. The summed E-state index contributed by atoms with van der Waals surface area (Å²) in [5.41, 5.74) is 0.380. The van der Waals surface area contributed by atoms with E-state index in [2.05, 4.69) is 5.32 Å². The number of carbonyl (C=O) groups is 2. The second kappa shape index (κ2) is 6.41. The molecule has 0 aromatic heterocycles. The fourth-order valence-corrected chi connectivity index (χ4v) is 2.74. The van der Waals surface area contributed by atoms with E-state index in [4.69, 9.17) is 11.6 Å². The monoisotopic (exact) mass is 314 g/mol. The largest absolute Gasteiger partial charge is 0.480 e. The molecular formula is C14H16ClFN2O3. The summed E-state index contributed by atoms with van der Waals surface area (Å²) in [6.07, 6.45) is 0.743. The van der Waals surface area contributed by atoms with Crippen LogP contribution < -0.4 is 5.32 Å². The summed E-state index contributed by atoms with van der Waals surface area (Å²) in [5.74, 6) is -1.82. The molecule has 1 aliphatic rings. The summed E-state index contributed by atoms with van der Waals surface area (Å²) in [7, 11) is 0. The number of benzene rings is 1. The molecule has 2 atom stereocenters. The lowest BCUT2D eigenvalue weighted by Crippen LogP contribution is -2.43. The Morgan fingerprint density at radius 1 is 1.52 bits per heavy atom. The van der Waals surface area contributed by atoms with Crippen LogP contribution in [0.3, 0.4) is 0 Å². The van der Waals surface area contributed by atoms with Crippen molar-refractivity contribution in [2.45, 2.75) is 19.4 Å². The SMILES string of the molecule is CC1CCN(CC(=O)Nc2ccc(F)c(Cl)c2)C1C(=O)O. The second-order valence-electron chi connectivity index (χ2n) is 5.20. The minimum absolute atomic E-state index is 0.00978. The average molecular weight is 315 g/mol. The standard InChI is InChI=1S/C14H16ClFN2O3/c1-8-4-5-18(13(8)14(20)21)7-12(19)17-9-2-3-11(16)10(15)6-9/h2-3,6,8,13H,4-5,7H2,1H3,(H,17,19)(H,20,21). The highest BCUT2D eigenvalue weighted by molar-refractivity contribution is 6.31. The zero-order valence-corrected chi connectivity index (χ0v) is 12.2. The molecule has 21 heavy (non-hydrogen) atoms. The number of amides is 1. The number of carboxylic acids is 1. The predicted molar refractivity (Wildman–Crippen MR) is 76.8 cm³/mol. The zero-order chi connectivity index (χ0) is 15.6. The Morgan fingerprint density at radius 2 is 2.24 bits per heavy atom. The summed E-state index contributed by atoms with van der Waals surface area (Å²) < 4.78 is 13.0. The number of anilines is 1. The molecule has 1 saturated heterocycles. The van der Waals surface area contributed by atoms with Gasteiger partial charge in [-0.3, -0.25) is 14.5 Å². The number of carbonyl (C=O) groups excluding carboxylic acids is 1. The minimum atomic E-state index is -0.919. The van der Waals surface area contributed by atoms with Crippen molar-refractivity contribution in [2.75, 3.05) is 18.4 Å². The van der Waals surface area contributed by atoms with Crippen LogP contribution in [0, 0.1) is 11.7 Å². The lowest BCUT2D eigenvalue weighted by Gasteiger charge is -2.22. The van der Waals surface area contributed by atoms with E-state index < -0.39 is 17.8 Å². The molecule has 7 heteroatoms. The third-order valence-corrected chi connectivity index (χ3v) is 3.90. The Balaban J connectivity index is 1.98. The maximum atomic E-state index is 13.0. The molecule has 5 nitrogen and oxygen atoms in total. The zero-order valence-electron chi connectivity index (χ0n) is 11.5. The molecule has 114 valence electrons. The molecule has 0 aliphatic carbocycles. The maximum absolute atomic E-state index is 13.0. The number of aliphatic carboxylic acids is 1. The lowest BCUT2D eigenvalue weighted by atomic mass is 10.0. The van der Waals surface area contributed by atoms with E-state index >= 15 is 0 Å². The van der Waals surface area contributed by atoms with Crippen LogP contribution in [0.25, 0.3) is 0 Å². The van der Waals surface area contributed by atoms with Crippen LogP contribution in [0.5, 0.6) is 0 Å². The highest BCUT2D eigenvalue weighted by Gasteiger charge is 2.37. The second-order valence-corrected chi connectivity index (χ2v) is 5.60. The van der Waals surface area contributed by atoms with Crippen LogP contribution in [-0.4, -0.2) is 41.0 Å². The van der Waals surface area contributed by atoms with E-state index in [1.165, 1.54) is 12.1 Å². The summed E-state index contributed by atoms with van der Waals surface area (Å²) in [4.78, 5) is 24.8. The third-order valence-electron chi connectivity index (χ3n) is 3.61. The van der Waals surface area contributed by atoms with Gasteiger partial charge >= 0.3 is 5.97 Å². The molecule has 2 N–H and O–H groups in total. The topological polar surface area (TPSA) is 69.6 Å². The van der Waals surface area contributed by atoms with Crippen LogP contribution >= 0.6 is 11.6 Å². The molecule has 0 saturated carbocycles. The number of nitrogens with one attached hydrogen (secondary N) is 1. The molecule has 0 spiro atoms. The molecule has 1 amide bonds. The van der Waals surface area contributed by atoms with Gasteiger partial charge in [-0.15, -0.1) is 0 Å². The van der Waals surface area contributed by atoms with Crippen molar-refractivity contribution >= 4 is 29.2 Å². The van der Waals surface area contributed by atoms with Gasteiger partial charge in [0.05, 0.1) is 11.6 Å². The molecule has 2 unspecified atom stereocenters. The number of halogens is 2. The first-order valence-corrected chi connectivity index (χ1v) is 6.98. The molecule has 1 aromatic rings. The van der Waals surface area contributed by atoms with Crippen molar-refractivity contribution in [1.82, 2.24) is 4.90 Å². The third kappa shape index (κ3) is 3.71. The number of carboxylic acid groups (broad SMARTS) is 1. The maximum Gasteiger partial charge on any atom is 0.321 e. The molecule has 1 fully saturated rings. The number of hydrogen-bond donors (Lipinski definition) is 2. The number of likely N-dealkylation sites (tertiary alicyclic amines) is 1. The Kier molecular flexibility index (Phi) is 4.80. The number of hydrogen-bond acceptors (Lipinski definition) is 3. The average Bonchev–Trinajstić information content (AvgIpc) is 2.75. The van der Waals surface area contributed by atoms with Gasteiger partial charge in [-0.05, 0) is 37.1 Å². The smallest absolute Gasteiger partial charge is 0.321 e. The first-order valence-electron chi connectivity index (χ1n) is 6.60. The minimum Gasteiger partial charge on any atom is -0.480 e. The molecule has 2 rings (SSSR count).